The Morgan fingerprint density at radius 2 is 1.18 bits per heavy atom. The van der Waals surface area contributed by atoms with Gasteiger partial charge in [0, 0.05) is 6.61 Å². The second-order valence-corrected chi connectivity index (χ2v) is 3.66. The van der Waals surface area contributed by atoms with E-state index in [2.05, 4.69) is 13.5 Å². The van der Waals surface area contributed by atoms with Crippen molar-refractivity contribution >= 4 is 0 Å². The fourth-order valence-electron chi connectivity index (χ4n) is 1.01. The maximum absolute atomic E-state index is 5.35. The van der Waals surface area contributed by atoms with E-state index >= 15 is 0 Å². The zero-order chi connectivity index (χ0) is 12.8. The van der Waals surface area contributed by atoms with Crippen molar-refractivity contribution in [1.29, 1.82) is 0 Å². The van der Waals surface area contributed by atoms with Crippen molar-refractivity contribution in [2.24, 2.45) is 0 Å². The van der Waals surface area contributed by atoms with Crippen LogP contribution in [0.15, 0.2) is 12.2 Å². The van der Waals surface area contributed by atoms with Crippen molar-refractivity contribution < 1.29 is 18.9 Å². The van der Waals surface area contributed by atoms with E-state index in [9.17, 15) is 0 Å². The first-order valence-corrected chi connectivity index (χ1v) is 6.02. The van der Waals surface area contributed by atoms with Crippen LogP contribution in [0, 0.1) is 6.92 Å². The molecule has 0 saturated carbocycles. The van der Waals surface area contributed by atoms with Crippen LogP contribution in [-0.2, 0) is 18.9 Å². The standard InChI is InChI=1S/C13H25O4/c1-4-14-7-8-16-11-12-17-10-9-15-6-5-13(2)3/h1-2,4-12H2,3H3. The molecule has 0 saturated heterocycles. The zero-order valence-electron chi connectivity index (χ0n) is 10.9. The molecule has 4 nitrogen and oxygen atoms in total. The molecule has 4 heteroatoms. The van der Waals surface area contributed by atoms with Gasteiger partial charge in [-0.1, -0.05) is 5.57 Å². The molecule has 0 aliphatic rings. The molecule has 0 aliphatic heterocycles. The zero-order valence-corrected chi connectivity index (χ0v) is 10.9. The van der Waals surface area contributed by atoms with Gasteiger partial charge in [0.1, 0.15) is 0 Å². The number of ether oxygens (including phenoxy) is 4. The maximum atomic E-state index is 5.35. The van der Waals surface area contributed by atoms with E-state index < -0.39 is 0 Å². The first-order valence-electron chi connectivity index (χ1n) is 6.02. The molecule has 0 N–H and O–H groups in total. The van der Waals surface area contributed by atoms with Crippen LogP contribution in [0.3, 0.4) is 0 Å². The third-order valence-electron chi connectivity index (χ3n) is 1.93. The summed E-state index contributed by atoms with van der Waals surface area (Å²) in [6.07, 6.45) is 0.912. The Hall–Kier alpha value is -0.420. The summed E-state index contributed by atoms with van der Waals surface area (Å²) in [7, 11) is 0. The highest BCUT2D eigenvalue weighted by atomic mass is 16.6. The van der Waals surface area contributed by atoms with Crippen molar-refractivity contribution in [3.8, 4) is 0 Å². The van der Waals surface area contributed by atoms with Gasteiger partial charge in [0.05, 0.1) is 46.2 Å². The molecule has 0 unspecified atom stereocenters. The summed E-state index contributed by atoms with van der Waals surface area (Å²) < 4.78 is 21.0. The second kappa shape index (κ2) is 13.6. The molecule has 0 rings (SSSR count). The quantitative estimate of drug-likeness (QED) is 0.366. The molecule has 0 fully saturated rings. The third-order valence-corrected chi connectivity index (χ3v) is 1.93. The summed E-state index contributed by atoms with van der Waals surface area (Å²) in [6, 6.07) is 0. The summed E-state index contributed by atoms with van der Waals surface area (Å²) in [5.41, 5.74) is 1.14. The van der Waals surface area contributed by atoms with E-state index in [0.29, 0.717) is 46.2 Å². The molecule has 101 valence electrons. The minimum absolute atomic E-state index is 0.487. The predicted octanol–water partition coefficient (Wildman–Crippen LogP) is 1.85. The fourth-order valence-corrected chi connectivity index (χ4v) is 1.01. The Kier molecular flexibility index (Phi) is 13.3. The molecule has 0 aromatic rings. The van der Waals surface area contributed by atoms with Crippen LogP contribution in [0.4, 0.5) is 0 Å². The summed E-state index contributed by atoms with van der Waals surface area (Å²) in [6.45, 7) is 14.2. The monoisotopic (exact) mass is 245 g/mol. The molecule has 0 aliphatic carbocycles. The van der Waals surface area contributed by atoms with Crippen LogP contribution in [0.25, 0.3) is 0 Å². The largest absolute Gasteiger partial charge is 0.379 e. The van der Waals surface area contributed by atoms with Gasteiger partial charge in [-0.3, -0.25) is 0 Å². The molecular weight excluding hydrogens is 220 g/mol. The van der Waals surface area contributed by atoms with Crippen LogP contribution < -0.4 is 0 Å². The molecular formula is C13H25O4. The van der Waals surface area contributed by atoms with Gasteiger partial charge < -0.3 is 18.9 Å². The van der Waals surface area contributed by atoms with Gasteiger partial charge in [-0.2, -0.15) is 0 Å². The summed E-state index contributed by atoms with van der Waals surface area (Å²) in [5, 5.41) is 0. The van der Waals surface area contributed by atoms with Crippen LogP contribution in [0.2, 0.25) is 0 Å². The molecule has 0 amide bonds. The number of hydrogen-bond acceptors (Lipinski definition) is 4. The van der Waals surface area contributed by atoms with Crippen LogP contribution in [0.5, 0.6) is 0 Å². The first kappa shape index (κ1) is 16.6. The molecule has 0 bridgehead atoms. The van der Waals surface area contributed by atoms with Gasteiger partial charge in [-0.05, 0) is 20.3 Å². The molecule has 0 heterocycles. The normalized spacial score (nSPS) is 10.7. The predicted molar refractivity (Wildman–Crippen MR) is 68.1 cm³/mol. The Balaban J connectivity index is 2.91. The van der Waals surface area contributed by atoms with Crippen molar-refractivity contribution in [2.45, 2.75) is 13.3 Å². The fraction of sp³-hybridized carbons (Fsp3) is 0.769. The highest BCUT2D eigenvalue weighted by Gasteiger charge is 1.92. The minimum atomic E-state index is 0.487. The highest BCUT2D eigenvalue weighted by Crippen LogP contribution is 1.94. The van der Waals surface area contributed by atoms with E-state index in [1.807, 2.05) is 6.92 Å². The van der Waals surface area contributed by atoms with E-state index in [1.54, 1.807) is 0 Å². The number of rotatable bonds is 13. The topological polar surface area (TPSA) is 36.9 Å². The lowest BCUT2D eigenvalue weighted by Gasteiger charge is -2.06. The lowest BCUT2D eigenvalue weighted by Crippen LogP contribution is -2.12. The van der Waals surface area contributed by atoms with Crippen molar-refractivity contribution in [3.63, 3.8) is 0 Å². The van der Waals surface area contributed by atoms with Crippen molar-refractivity contribution in [3.05, 3.63) is 19.1 Å². The highest BCUT2D eigenvalue weighted by molar-refractivity contribution is 4.86. The lowest BCUT2D eigenvalue weighted by molar-refractivity contribution is 0.00114. The second-order valence-electron chi connectivity index (χ2n) is 3.66. The van der Waals surface area contributed by atoms with Gasteiger partial charge in [-0.25, -0.2) is 0 Å². The molecule has 17 heavy (non-hydrogen) atoms. The van der Waals surface area contributed by atoms with Gasteiger partial charge in [0.15, 0.2) is 0 Å². The van der Waals surface area contributed by atoms with Gasteiger partial charge >= 0.3 is 0 Å². The average Bonchev–Trinajstić information content (AvgIpc) is 2.30. The van der Waals surface area contributed by atoms with E-state index in [4.69, 9.17) is 18.9 Å². The summed E-state index contributed by atoms with van der Waals surface area (Å²) in [5.74, 6) is 0. The molecule has 0 atom stereocenters. The lowest BCUT2D eigenvalue weighted by atomic mass is 10.3. The van der Waals surface area contributed by atoms with Gasteiger partial charge in [-0.15, -0.1) is 6.58 Å². The van der Waals surface area contributed by atoms with Gasteiger partial charge in [0.25, 0.3) is 0 Å². The van der Waals surface area contributed by atoms with E-state index in [1.165, 1.54) is 0 Å². The van der Waals surface area contributed by atoms with E-state index in [0.717, 1.165) is 18.6 Å². The van der Waals surface area contributed by atoms with Crippen molar-refractivity contribution in [2.75, 3.05) is 52.9 Å². The maximum Gasteiger partial charge on any atom is 0.0701 e. The minimum Gasteiger partial charge on any atom is -0.379 e. The Morgan fingerprint density at radius 1 is 0.765 bits per heavy atom. The first-order chi connectivity index (χ1) is 8.27. The average molecular weight is 245 g/mol. The summed E-state index contributed by atoms with van der Waals surface area (Å²) >= 11 is 0. The van der Waals surface area contributed by atoms with Crippen molar-refractivity contribution in [1.82, 2.24) is 0 Å². The Bertz CT molecular complexity index is 171. The summed E-state index contributed by atoms with van der Waals surface area (Å²) in [4.78, 5) is 0. The molecule has 0 aromatic carbocycles. The Morgan fingerprint density at radius 3 is 1.59 bits per heavy atom. The van der Waals surface area contributed by atoms with Crippen LogP contribution >= 0.6 is 0 Å². The van der Waals surface area contributed by atoms with Gasteiger partial charge in [0.2, 0.25) is 0 Å². The molecule has 0 spiro atoms. The number of hydrogen-bond donors (Lipinski definition) is 0. The molecule has 0 aromatic heterocycles. The Labute approximate surface area is 105 Å². The van der Waals surface area contributed by atoms with E-state index in [-0.39, 0.29) is 0 Å². The SMILES string of the molecule is [CH2]COCCOCCOCCOCCC(=C)C. The third kappa shape index (κ3) is 15.6. The smallest absolute Gasteiger partial charge is 0.0701 e. The van der Waals surface area contributed by atoms with Crippen LogP contribution in [-0.4, -0.2) is 52.9 Å². The van der Waals surface area contributed by atoms with Crippen LogP contribution in [0.1, 0.15) is 13.3 Å². The molecule has 1 radical (unpaired) electrons.